The van der Waals surface area contributed by atoms with Crippen LogP contribution in [0.4, 0.5) is 5.69 Å². The van der Waals surface area contributed by atoms with Gasteiger partial charge in [0.25, 0.3) is 0 Å². The fourth-order valence-electron chi connectivity index (χ4n) is 2.82. The van der Waals surface area contributed by atoms with Gasteiger partial charge < -0.3 is 9.84 Å². The summed E-state index contributed by atoms with van der Waals surface area (Å²) in [5, 5.41) is 8.62. The van der Waals surface area contributed by atoms with Gasteiger partial charge in [0.1, 0.15) is 5.75 Å². The van der Waals surface area contributed by atoms with E-state index in [9.17, 15) is 19.5 Å². The molecular weight excluding hydrogens is 354 g/mol. The number of carboxylic acids is 1. The van der Waals surface area contributed by atoms with Crippen LogP contribution < -0.4 is 9.64 Å². The van der Waals surface area contributed by atoms with Crippen molar-refractivity contribution in [3.05, 3.63) is 53.6 Å². The Morgan fingerprint density at radius 3 is 2.65 bits per heavy atom. The number of hydrogen-bond donors (Lipinski definition) is 1. The number of imide groups is 1. The third-order valence-corrected chi connectivity index (χ3v) is 5.33. The monoisotopic (exact) mass is 371 g/mol. The van der Waals surface area contributed by atoms with Gasteiger partial charge in [-0.25, -0.2) is 9.69 Å². The quantitative estimate of drug-likeness (QED) is 0.813. The second-order valence-electron chi connectivity index (χ2n) is 5.85. The van der Waals surface area contributed by atoms with Gasteiger partial charge >= 0.3 is 5.97 Å². The number of ether oxygens (including phenoxy) is 1. The van der Waals surface area contributed by atoms with Crippen LogP contribution in [-0.4, -0.2) is 35.2 Å². The molecule has 0 radical (unpaired) electrons. The summed E-state index contributed by atoms with van der Waals surface area (Å²) in [5.41, 5.74) is 1.43. The lowest BCUT2D eigenvalue weighted by Gasteiger charge is -2.18. The molecule has 7 heteroatoms. The molecule has 26 heavy (non-hydrogen) atoms. The molecule has 0 aromatic heterocycles. The number of amides is 2. The Morgan fingerprint density at radius 1 is 1.23 bits per heavy atom. The van der Waals surface area contributed by atoms with E-state index in [4.69, 9.17) is 4.74 Å². The van der Waals surface area contributed by atoms with E-state index in [2.05, 4.69) is 0 Å². The zero-order valence-corrected chi connectivity index (χ0v) is 15.1. The minimum Gasteiger partial charge on any atom is -0.495 e. The van der Waals surface area contributed by atoms with E-state index in [1.165, 1.54) is 13.2 Å². The van der Waals surface area contributed by atoms with Gasteiger partial charge in [-0.05, 0) is 36.8 Å². The summed E-state index contributed by atoms with van der Waals surface area (Å²) in [5.74, 6) is -1.33. The van der Waals surface area contributed by atoms with Crippen LogP contribution in [0.2, 0.25) is 0 Å². The van der Waals surface area contributed by atoms with Gasteiger partial charge in [0.15, 0.2) is 0 Å². The van der Waals surface area contributed by atoms with Gasteiger partial charge in [-0.1, -0.05) is 18.2 Å². The maximum atomic E-state index is 12.9. The SMILES string of the molecule is COc1ccc(C)cc1N1C(=O)C[C@H](Sc2ccccc2C(=O)O)C1=O. The number of carbonyl (C=O) groups excluding carboxylic acids is 2. The molecule has 0 unspecified atom stereocenters. The summed E-state index contributed by atoms with van der Waals surface area (Å²) >= 11 is 1.10. The Balaban J connectivity index is 1.91. The third-order valence-electron chi connectivity index (χ3n) is 4.07. The molecule has 0 saturated carbocycles. The van der Waals surface area contributed by atoms with Crippen LogP contribution in [0.1, 0.15) is 22.3 Å². The van der Waals surface area contributed by atoms with E-state index in [0.717, 1.165) is 22.2 Å². The summed E-state index contributed by atoms with van der Waals surface area (Å²) in [6, 6.07) is 11.7. The van der Waals surface area contributed by atoms with E-state index in [1.807, 2.05) is 13.0 Å². The summed E-state index contributed by atoms with van der Waals surface area (Å²) in [6.07, 6.45) is 0.00848. The summed E-state index contributed by atoms with van der Waals surface area (Å²) in [6.45, 7) is 1.86. The van der Waals surface area contributed by atoms with Crippen LogP contribution in [0, 0.1) is 6.92 Å². The predicted octanol–water partition coefficient (Wildman–Crippen LogP) is 3.13. The number of carbonyl (C=O) groups is 3. The van der Waals surface area contributed by atoms with Gasteiger partial charge in [-0.15, -0.1) is 11.8 Å². The highest BCUT2D eigenvalue weighted by Crippen LogP contribution is 2.38. The number of methoxy groups -OCH3 is 1. The number of rotatable bonds is 5. The van der Waals surface area contributed by atoms with E-state index in [0.29, 0.717) is 16.3 Å². The van der Waals surface area contributed by atoms with E-state index >= 15 is 0 Å². The van der Waals surface area contributed by atoms with Crippen molar-refractivity contribution in [2.45, 2.75) is 23.5 Å². The van der Waals surface area contributed by atoms with Crippen molar-refractivity contribution in [3.63, 3.8) is 0 Å². The molecule has 1 saturated heterocycles. The molecule has 1 aliphatic rings. The molecule has 1 N–H and O–H groups in total. The van der Waals surface area contributed by atoms with E-state index < -0.39 is 11.2 Å². The first-order valence-corrected chi connectivity index (χ1v) is 8.80. The van der Waals surface area contributed by atoms with Crippen molar-refractivity contribution >= 4 is 35.2 Å². The molecular formula is C19H17NO5S. The number of aromatic carboxylic acids is 1. The lowest BCUT2D eigenvalue weighted by Crippen LogP contribution is -2.31. The van der Waals surface area contributed by atoms with Crippen molar-refractivity contribution in [1.82, 2.24) is 0 Å². The molecule has 6 nitrogen and oxygen atoms in total. The highest BCUT2D eigenvalue weighted by atomic mass is 32.2. The summed E-state index contributed by atoms with van der Waals surface area (Å²) in [7, 11) is 1.48. The number of aryl methyl sites for hydroxylation is 1. The average molecular weight is 371 g/mol. The zero-order valence-electron chi connectivity index (χ0n) is 14.3. The number of hydrogen-bond acceptors (Lipinski definition) is 5. The molecule has 1 heterocycles. The average Bonchev–Trinajstić information content (AvgIpc) is 2.88. The largest absolute Gasteiger partial charge is 0.495 e. The fraction of sp³-hybridized carbons (Fsp3) is 0.211. The number of anilines is 1. The minimum absolute atomic E-state index is 0.00848. The number of carboxylic acid groups (broad SMARTS) is 1. The molecule has 0 bridgehead atoms. The number of nitrogens with zero attached hydrogens (tertiary/aromatic N) is 1. The van der Waals surface area contributed by atoms with Crippen LogP contribution in [0.3, 0.4) is 0 Å². The van der Waals surface area contributed by atoms with Crippen molar-refractivity contribution in [2.75, 3.05) is 12.0 Å². The first-order valence-electron chi connectivity index (χ1n) is 7.92. The maximum absolute atomic E-state index is 12.9. The normalized spacial score (nSPS) is 16.8. The van der Waals surface area contributed by atoms with Crippen LogP contribution in [0.15, 0.2) is 47.4 Å². The van der Waals surface area contributed by atoms with Gasteiger partial charge in [0, 0.05) is 11.3 Å². The molecule has 3 rings (SSSR count). The van der Waals surface area contributed by atoms with Crippen molar-refractivity contribution in [1.29, 1.82) is 0 Å². The standard InChI is InChI=1S/C19H17NO5S/c1-11-7-8-14(25-2)13(9-11)20-17(21)10-16(18(20)22)26-15-6-4-3-5-12(15)19(23)24/h3-9,16H,10H2,1-2H3,(H,23,24)/t16-/m0/s1. The first-order chi connectivity index (χ1) is 12.4. The number of benzene rings is 2. The molecule has 0 spiro atoms. The van der Waals surface area contributed by atoms with Gasteiger partial charge in [0.05, 0.1) is 23.6 Å². The Labute approximate surface area is 154 Å². The van der Waals surface area contributed by atoms with Crippen molar-refractivity contribution in [2.24, 2.45) is 0 Å². The lowest BCUT2D eigenvalue weighted by atomic mass is 10.2. The van der Waals surface area contributed by atoms with Gasteiger partial charge in [-0.2, -0.15) is 0 Å². The second-order valence-corrected chi connectivity index (χ2v) is 7.10. The molecule has 2 aromatic carbocycles. The third kappa shape index (κ3) is 3.30. The van der Waals surface area contributed by atoms with Crippen molar-refractivity contribution < 1.29 is 24.2 Å². The molecule has 0 aliphatic carbocycles. The Bertz CT molecular complexity index is 895. The van der Waals surface area contributed by atoms with Crippen LogP contribution in [0.5, 0.6) is 5.75 Å². The Morgan fingerprint density at radius 2 is 1.96 bits per heavy atom. The molecule has 1 aliphatic heterocycles. The first kappa shape index (κ1) is 18.0. The highest BCUT2D eigenvalue weighted by Gasteiger charge is 2.41. The van der Waals surface area contributed by atoms with E-state index in [1.54, 1.807) is 30.3 Å². The van der Waals surface area contributed by atoms with Crippen LogP contribution in [-0.2, 0) is 9.59 Å². The van der Waals surface area contributed by atoms with Gasteiger partial charge in [-0.3, -0.25) is 9.59 Å². The van der Waals surface area contributed by atoms with Crippen molar-refractivity contribution in [3.8, 4) is 5.75 Å². The maximum Gasteiger partial charge on any atom is 0.336 e. The Hall–Kier alpha value is -2.80. The predicted molar refractivity (Wildman–Crippen MR) is 97.9 cm³/mol. The fourth-order valence-corrected chi connectivity index (χ4v) is 4.00. The molecule has 2 amide bonds. The molecule has 1 atom stereocenters. The molecule has 2 aromatic rings. The molecule has 134 valence electrons. The highest BCUT2D eigenvalue weighted by molar-refractivity contribution is 8.00. The zero-order chi connectivity index (χ0) is 18.8. The topological polar surface area (TPSA) is 83.9 Å². The summed E-state index contributed by atoms with van der Waals surface area (Å²) < 4.78 is 5.28. The molecule has 1 fully saturated rings. The minimum atomic E-state index is -1.07. The van der Waals surface area contributed by atoms with Crippen LogP contribution in [0.25, 0.3) is 0 Å². The smallest absolute Gasteiger partial charge is 0.336 e. The second kappa shape index (κ2) is 7.21. The van der Waals surface area contributed by atoms with Gasteiger partial charge in [0.2, 0.25) is 11.8 Å². The van der Waals surface area contributed by atoms with Crippen LogP contribution >= 0.6 is 11.8 Å². The van der Waals surface area contributed by atoms with E-state index in [-0.39, 0.29) is 23.8 Å². The Kier molecular flexibility index (Phi) is 4.99. The summed E-state index contributed by atoms with van der Waals surface area (Å²) in [4.78, 5) is 38.3. The number of thioether (sulfide) groups is 1. The lowest BCUT2D eigenvalue weighted by molar-refractivity contribution is -0.121.